The molecule has 0 aliphatic heterocycles. The topological polar surface area (TPSA) is 35.0 Å². The average molecular weight is 294 g/mol. The van der Waals surface area contributed by atoms with Crippen molar-refractivity contribution < 1.29 is 4.74 Å². The molecule has 0 bridgehead atoms. The van der Waals surface area contributed by atoms with Crippen LogP contribution in [-0.4, -0.2) is 29.4 Å². The molecule has 102 valence electrons. The molecule has 0 N–H and O–H groups in total. The van der Waals surface area contributed by atoms with E-state index in [0.717, 1.165) is 23.2 Å². The summed E-state index contributed by atoms with van der Waals surface area (Å²) in [5.41, 5.74) is 1.52. The normalized spacial score (nSPS) is 14.8. The van der Waals surface area contributed by atoms with Crippen LogP contribution in [0.4, 0.5) is 0 Å². The molecule has 1 aliphatic carbocycles. The van der Waals surface area contributed by atoms with Gasteiger partial charge in [0.1, 0.15) is 15.7 Å². The monoisotopic (exact) mass is 294 g/mol. The molecule has 2 aromatic rings. The number of thioether (sulfide) groups is 1. The molecule has 3 nitrogen and oxygen atoms in total. The number of rotatable bonds is 4. The van der Waals surface area contributed by atoms with Crippen molar-refractivity contribution in [3.05, 3.63) is 16.3 Å². The highest BCUT2D eigenvalue weighted by molar-refractivity contribution is 7.99. The van der Waals surface area contributed by atoms with E-state index in [9.17, 15) is 0 Å². The summed E-state index contributed by atoms with van der Waals surface area (Å²) >= 11 is 3.67. The van der Waals surface area contributed by atoms with Crippen molar-refractivity contribution >= 4 is 33.3 Å². The van der Waals surface area contributed by atoms with E-state index in [4.69, 9.17) is 4.74 Å². The van der Waals surface area contributed by atoms with Crippen molar-refractivity contribution in [1.82, 2.24) is 9.97 Å². The van der Waals surface area contributed by atoms with Crippen molar-refractivity contribution in [3.63, 3.8) is 0 Å². The fraction of sp³-hybridized carbons (Fsp3) is 0.571. The lowest BCUT2D eigenvalue weighted by Crippen LogP contribution is -2.00. The summed E-state index contributed by atoms with van der Waals surface area (Å²) in [5, 5.41) is 2.48. The number of thiophene rings is 1. The van der Waals surface area contributed by atoms with Crippen LogP contribution in [0.1, 0.15) is 29.1 Å². The first-order valence-corrected chi connectivity index (χ1v) is 8.50. The molecule has 0 atom stereocenters. The van der Waals surface area contributed by atoms with Crippen molar-refractivity contribution in [2.75, 3.05) is 19.5 Å². The van der Waals surface area contributed by atoms with Gasteiger partial charge in [0.25, 0.3) is 0 Å². The second-order valence-electron chi connectivity index (χ2n) is 4.81. The first-order chi connectivity index (χ1) is 9.29. The van der Waals surface area contributed by atoms with Gasteiger partial charge in [-0.1, -0.05) is 0 Å². The van der Waals surface area contributed by atoms with Gasteiger partial charge in [0, 0.05) is 23.1 Å². The number of fused-ring (bicyclic) bond motifs is 3. The Bertz CT molecular complexity index is 595. The Morgan fingerprint density at radius 2 is 2.11 bits per heavy atom. The van der Waals surface area contributed by atoms with Gasteiger partial charge in [-0.2, -0.15) is 0 Å². The smallest absolute Gasteiger partial charge is 0.128 e. The number of aryl methyl sites for hydroxylation is 3. The molecular formula is C14H18N2OS2. The lowest BCUT2D eigenvalue weighted by atomic mass is 9.97. The predicted octanol–water partition coefficient (Wildman–Crippen LogP) is 3.62. The van der Waals surface area contributed by atoms with Crippen molar-refractivity contribution in [3.8, 4) is 0 Å². The predicted molar refractivity (Wildman–Crippen MR) is 81.4 cm³/mol. The van der Waals surface area contributed by atoms with E-state index < -0.39 is 0 Å². The third-order valence-electron chi connectivity index (χ3n) is 3.42. The van der Waals surface area contributed by atoms with Gasteiger partial charge >= 0.3 is 0 Å². The summed E-state index contributed by atoms with van der Waals surface area (Å²) in [4.78, 5) is 12.0. The number of ether oxygens (including phenoxy) is 1. The zero-order valence-corrected chi connectivity index (χ0v) is 13.0. The lowest BCUT2D eigenvalue weighted by Gasteiger charge is -2.11. The van der Waals surface area contributed by atoms with Gasteiger partial charge in [-0.05, 0) is 38.2 Å². The molecule has 0 unspecified atom stereocenters. The van der Waals surface area contributed by atoms with E-state index in [-0.39, 0.29) is 0 Å². The van der Waals surface area contributed by atoms with Crippen molar-refractivity contribution in [1.29, 1.82) is 0 Å². The summed E-state index contributed by atoms with van der Waals surface area (Å²) in [6, 6.07) is 0. The summed E-state index contributed by atoms with van der Waals surface area (Å²) in [5.74, 6) is 1.83. The quantitative estimate of drug-likeness (QED) is 0.490. The van der Waals surface area contributed by atoms with Crippen LogP contribution in [0.5, 0.6) is 0 Å². The molecular weight excluding hydrogens is 276 g/mol. The SMILES string of the molecule is COCCSc1nc(C)nc2sc3c(c12)CCCC3. The van der Waals surface area contributed by atoms with E-state index in [1.807, 2.05) is 18.3 Å². The first-order valence-electron chi connectivity index (χ1n) is 6.70. The van der Waals surface area contributed by atoms with Gasteiger partial charge in [-0.25, -0.2) is 9.97 Å². The standard InChI is InChI=1S/C14H18N2OS2/c1-9-15-13(18-8-7-17-2)12-10-5-3-4-6-11(10)19-14(12)16-9/h3-8H2,1-2H3. The Morgan fingerprint density at radius 1 is 1.26 bits per heavy atom. The number of aromatic nitrogens is 2. The van der Waals surface area contributed by atoms with Crippen LogP contribution in [0.3, 0.4) is 0 Å². The molecule has 0 saturated carbocycles. The molecule has 2 aromatic heterocycles. The van der Waals surface area contributed by atoms with Gasteiger partial charge in [0.2, 0.25) is 0 Å². The molecule has 0 aromatic carbocycles. The molecule has 0 spiro atoms. The Hall–Kier alpha value is -0.650. The molecule has 5 heteroatoms. The van der Waals surface area contributed by atoms with Gasteiger partial charge in [0.05, 0.1) is 6.61 Å². The van der Waals surface area contributed by atoms with Crippen LogP contribution in [0.2, 0.25) is 0 Å². The highest BCUT2D eigenvalue weighted by Gasteiger charge is 2.20. The minimum Gasteiger partial charge on any atom is -0.384 e. The van der Waals surface area contributed by atoms with Crippen LogP contribution in [0.15, 0.2) is 5.03 Å². The number of nitrogens with zero attached hydrogens (tertiary/aromatic N) is 2. The second kappa shape index (κ2) is 5.77. The summed E-state index contributed by atoms with van der Waals surface area (Å²) in [6.07, 6.45) is 5.03. The fourth-order valence-corrected chi connectivity index (χ4v) is 4.93. The van der Waals surface area contributed by atoms with Crippen LogP contribution < -0.4 is 0 Å². The average Bonchev–Trinajstić information content (AvgIpc) is 2.76. The maximum Gasteiger partial charge on any atom is 0.128 e. The van der Waals surface area contributed by atoms with Crippen LogP contribution in [0.25, 0.3) is 10.2 Å². The summed E-state index contributed by atoms with van der Waals surface area (Å²) in [7, 11) is 1.74. The van der Waals surface area contributed by atoms with E-state index in [0.29, 0.717) is 0 Å². The van der Waals surface area contributed by atoms with Gasteiger partial charge in [0.15, 0.2) is 0 Å². The van der Waals surface area contributed by atoms with Crippen LogP contribution >= 0.6 is 23.1 Å². The second-order valence-corrected chi connectivity index (χ2v) is 6.98. The first kappa shape index (κ1) is 13.3. The Morgan fingerprint density at radius 3 is 2.95 bits per heavy atom. The molecule has 0 fully saturated rings. The third kappa shape index (κ3) is 2.64. The van der Waals surface area contributed by atoms with Gasteiger partial charge in [-0.15, -0.1) is 23.1 Å². The van der Waals surface area contributed by atoms with E-state index >= 15 is 0 Å². The van der Waals surface area contributed by atoms with E-state index in [2.05, 4.69) is 9.97 Å². The summed E-state index contributed by atoms with van der Waals surface area (Å²) < 4.78 is 5.14. The van der Waals surface area contributed by atoms with Crippen molar-refractivity contribution in [2.24, 2.45) is 0 Å². The lowest BCUT2D eigenvalue weighted by molar-refractivity contribution is 0.218. The van der Waals surface area contributed by atoms with Crippen LogP contribution in [-0.2, 0) is 17.6 Å². The maximum atomic E-state index is 5.14. The van der Waals surface area contributed by atoms with E-state index in [1.165, 1.54) is 46.3 Å². The van der Waals surface area contributed by atoms with Crippen LogP contribution in [0, 0.1) is 6.92 Å². The zero-order valence-electron chi connectivity index (χ0n) is 11.4. The molecule has 19 heavy (non-hydrogen) atoms. The number of hydrogen-bond donors (Lipinski definition) is 0. The molecule has 0 radical (unpaired) electrons. The minimum atomic E-state index is 0.765. The molecule has 3 rings (SSSR count). The highest BCUT2D eigenvalue weighted by atomic mass is 32.2. The zero-order chi connectivity index (χ0) is 13.2. The fourth-order valence-electron chi connectivity index (χ4n) is 2.55. The number of hydrogen-bond acceptors (Lipinski definition) is 5. The van der Waals surface area contributed by atoms with Gasteiger partial charge in [-0.3, -0.25) is 0 Å². The molecule has 0 amide bonds. The third-order valence-corrected chi connectivity index (χ3v) is 5.54. The summed E-state index contributed by atoms with van der Waals surface area (Å²) in [6.45, 7) is 2.75. The molecule has 1 aliphatic rings. The maximum absolute atomic E-state index is 5.14. The van der Waals surface area contributed by atoms with E-state index in [1.54, 1.807) is 18.9 Å². The molecule has 0 saturated heterocycles. The Balaban J connectivity index is 2.05. The highest BCUT2D eigenvalue weighted by Crippen LogP contribution is 2.39. The number of methoxy groups -OCH3 is 1. The Labute approximate surface area is 121 Å². The van der Waals surface area contributed by atoms with Gasteiger partial charge < -0.3 is 4.74 Å². The van der Waals surface area contributed by atoms with Crippen molar-refractivity contribution in [2.45, 2.75) is 37.6 Å². The Kier molecular flexibility index (Phi) is 4.05. The molecule has 2 heterocycles. The minimum absolute atomic E-state index is 0.765. The largest absolute Gasteiger partial charge is 0.384 e.